The molecule has 0 spiro atoms. The predicted octanol–water partition coefficient (Wildman–Crippen LogP) is 1.31. The van der Waals surface area contributed by atoms with Crippen LogP contribution in [0.4, 0.5) is 5.95 Å². The molecule has 1 amide bonds. The number of benzene rings is 1. The maximum atomic E-state index is 12.6. The lowest BCUT2D eigenvalue weighted by molar-refractivity contribution is -0.140. The number of carboxylic acids is 2. The van der Waals surface area contributed by atoms with E-state index in [9.17, 15) is 24.3 Å². The quantitative estimate of drug-likeness (QED) is 0.200. The lowest BCUT2D eigenvalue weighted by Gasteiger charge is -2.13. The summed E-state index contributed by atoms with van der Waals surface area (Å²) in [6, 6.07) is 5.33. The standard InChI is InChI=1S/C23H26N6O6/c1-29(2)12-25-23-27-19-18(21(33)28-23)15(11-24-19)8-5-13-3-6-14(7-4-13)20(32)26-16(22(34)35)9-10-17(30)31/h3-4,6-7,11-12,16H,5,8-10H2,1-2H3,(H,26,32)(H,30,31)(H,34,35)(H2,24,27,28,33)/b25-12+/t16-/m0/s1. The SMILES string of the molecule is CN(C)/C=N/c1nc2[nH]cc(CCc3ccc(C(=O)N[C@@H](CCC(=O)O)C(=O)O)cc3)c2c(=O)[nH]1. The zero-order valence-corrected chi connectivity index (χ0v) is 19.2. The molecule has 0 fully saturated rings. The van der Waals surface area contributed by atoms with Crippen molar-refractivity contribution in [2.75, 3.05) is 14.1 Å². The van der Waals surface area contributed by atoms with Crippen LogP contribution >= 0.6 is 0 Å². The van der Waals surface area contributed by atoms with Crippen molar-refractivity contribution in [2.24, 2.45) is 4.99 Å². The maximum Gasteiger partial charge on any atom is 0.326 e. The summed E-state index contributed by atoms with van der Waals surface area (Å²) in [5, 5.41) is 20.7. The van der Waals surface area contributed by atoms with Crippen molar-refractivity contribution < 1.29 is 24.6 Å². The largest absolute Gasteiger partial charge is 0.481 e. The summed E-state index contributed by atoms with van der Waals surface area (Å²) >= 11 is 0. The van der Waals surface area contributed by atoms with Gasteiger partial charge in [-0.05, 0) is 42.5 Å². The van der Waals surface area contributed by atoms with E-state index in [0.717, 1.165) is 11.1 Å². The van der Waals surface area contributed by atoms with E-state index in [1.54, 1.807) is 49.5 Å². The van der Waals surface area contributed by atoms with Gasteiger partial charge >= 0.3 is 11.9 Å². The van der Waals surface area contributed by atoms with Gasteiger partial charge in [-0.25, -0.2) is 9.79 Å². The van der Waals surface area contributed by atoms with Gasteiger partial charge in [0.1, 0.15) is 11.7 Å². The molecule has 35 heavy (non-hydrogen) atoms. The van der Waals surface area contributed by atoms with Crippen molar-refractivity contribution in [3.05, 3.63) is 57.5 Å². The van der Waals surface area contributed by atoms with Crippen LogP contribution in [-0.2, 0) is 22.4 Å². The molecule has 0 aliphatic rings. The molecule has 0 aliphatic carbocycles. The number of H-pyrrole nitrogens is 2. The number of carbonyl (C=O) groups is 3. The Hall–Kier alpha value is -4.48. The first kappa shape index (κ1) is 25.1. The lowest BCUT2D eigenvalue weighted by Crippen LogP contribution is -2.41. The number of nitrogens with zero attached hydrogens (tertiary/aromatic N) is 3. The summed E-state index contributed by atoms with van der Waals surface area (Å²) in [5.74, 6) is -2.83. The molecule has 1 atom stereocenters. The van der Waals surface area contributed by atoms with Gasteiger partial charge < -0.3 is 25.4 Å². The van der Waals surface area contributed by atoms with E-state index >= 15 is 0 Å². The minimum Gasteiger partial charge on any atom is -0.481 e. The minimum atomic E-state index is -1.30. The molecule has 0 aliphatic heterocycles. The van der Waals surface area contributed by atoms with Crippen molar-refractivity contribution in [3.63, 3.8) is 0 Å². The Bertz CT molecular complexity index is 1310. The van der Waals surface area contributed by atoms with E-state index in [2.05, 4.69) is 25.3 Å². The average Bonchev–Trinajstić information content (AvgIpc) is 3.22. The van der Waals surface area contributed by atoms with E-state index in [1.165, 1.54) is 6.34 Å². The number of aliphatic carboxylic acids is 2. The van der Waals surface area contributed by atoms with Crippen LogP contribution in [0.5, 0.6) is 0 Å². The highest BCUT2D eigenvalue weighted by Gasteiger charge is 2.21. The fourth-order valence-corrected chi connectivity index (χ4v) is 3.39. The van der Waals surface area contributed by atoms with Gasteiger partial charge in [0, 0.05) is 32.3 Å². The van der Waals surface area contributed by atoms with Gasteiger partial charge in [0.05, 0.1) is 11.7 Å². The van der Waals surface area contributed by atoms with Crippen LogP contribution in [0, 0.1) is 0 Å². The molecule has 0 radical (unpaired) electrons. The third kappa shape index (κ3) is 6.76. The van der Waals surface area contributed by atoms with Crippen molar-refractivity contribution in [1.29, 1.82) is 0 Å². The van der Waals surface area contributed by atoms with Gasteiger partial charge in [-0.1, -0.05) is 12.1 Å². The van der Waals surface area contributed by atoms with Crippen LogP contribution in [0.2, 0.25) is 0 Å². The second kappa shape index (κ2) is 11.1. The number of aromatic nitrogens is 3. The van der Waals surface area contributed by atoms with Crippen molar-refractivity contribution in [3.8, 4) is 0 Å². The molecule has 3 rings (SSSR count). The fourth-order valence-electron chi connectivity index (χ4n) is 3.39. The number of carboxylic acid groups (broad SMARTS) is 2. The first-order valence-corrected chi connectivity index (χ1v) is 10.8. The minimum absolute atomic E-state index is 0.201. The Morgan fingerprint density at radius 3 is 2.51 bits per heavy atom. The first-order valence-electron chi connectivity index (χ1n) is 10.8. The molecule has 0 bridgehead atoms. The normalized spacial score (nSPS) is 12.1. The third-order valence-electron chi connectivity index (χ3n) is 5.17. The Labute approximate surface area is 199 Å². The zero-order valence-electron chi connectivity index (χ0n) is 19.2. The van der Waals surface area contributed by atoms with Crippen molar-refractivity contribution in [1.82, 2.24) is 25.2 Å². The van der Waals surface area contributed by atoms with E-state index < -0.39 is 23.9 Å². The molecule has 12 heteroatoms. The maximum absolute atomic E-state index is 12.6. The summed E-state index contributed by atoms with van der Waals surface area (Å²) in [5.41, 5.74) is 2.11. The fraction of sp³-hybridized carbons (Fsp3) is 0.304. The Balaban J connectivity index is 1.65. The van der Waals surface area contributed by atoms with Gasteiger partial charge in [0.2, 0.25) is 5.95 Å². The number of fused-ring (bicyclic) bond motifs is 1. The molecule has 2 heterocycles. The first-order chi connectivity index (χ1) is 16.6. The van der Waals surface area contributed by atoms with Crippen molar-refractivity contribution >= 4 is 41.2 Å². The topological polar surface area (TPSA) is 181 Å². The average molecular weight is 482 g/mol. The summed E-state index contributed by atoms with van der Waals surface area (Å²) in [6.45, 7) is 0. The lowest BCUT2D eigenvalue weighted by atomic mass is 10.0. The van der Waals surface area contributed by atoms with E-state index in [1.807, 2.05) is 0 Å². The summed E-state index contributed by atoms with van der Waals surface area (Å²) in [7, 11) is 3.61. The molecule has 1 aromatic carbocycles. The molecule has 0 unspecified atom stereocenters. The number of aromatic amines is 2. The van der Waals surface area contributed by atoms with E-state index in [4.69, 9.17) is 5.11 Å². The van der Waals surface area contributed by atoms with Crippen LogP contribution in [0.3, 0.4) is 0 Å². The van der Waals surface area contributed by atoms with Gasteiger partial charge in [0.25, 0.3) is 11.5 Å². The number of aryl methyl sites for hydroxylation is 2. The molecular weight excluding hydrogens is 456 g/mol. The number of carbonyl (C=O) groups excluding carboxylic acids is 1. The van der Waals surface area contributed by atoms with Gasteiger partial charge in [0.15, 0.2) is 0 Å². The molecule has 0 saturated heterocycles. The van der Waals surface area contributed by atoms with Crippen molar-refractivity contribution in [2.45, 2.75) is 31.7 Å². The highest BCUT2D eigenvalue weighted by molar-refractivity contribution is 5.96. The van der Waals surface area contributed by atoms with Crippen LogP contribution in [0.1, 0.15) is 34.3 Å². The third-order valence-corrected chi connectivity index (χ3v) is 5.17. The number of nitrogens with one attached hydrogen (secondary N) is 3. The monoisotopic (exact) mass is 482 g/mol. The zero-order chi connectivity index (χ0) is 25.5. The van der Waals surface area contributed by atoms with Crippen LogP contribution in [0.25, 0.3) is 11.0 Å². The molecule has 0 saturated carbocycles. The van der Waals surface area contributed by atoms with E-state index in [-0.39, 0.29) is 29.9 Å². The molecular formula is C23H26N6O6. The summed E-state index contributed by atoms with van der Waals surface area (Å²) in [4.78, 5) is 62.7. The van der Waals surface area contributed by atoms with Crippen LogP contribution < -0.4 is 10.9 Å². The number of rotatable bonds is 11. The van der Waals surface area contributed by atoms with Gasteiger partial charge in [-0.15, -0.1) is 0 Å². The van der Waals surface area contributed by atoms with Crippen LogP contribution in [0.15, 0.2) is 40.2 Å². The highest BCUT2D eigenvalue weighted by atomic mass is 16.4. The summed E-state index contributed by atoms with van der Waals surface area (Å²) < 4.78 is 0. The number of amides is 1. The number of hydrogen-bond acceptors (Lipinski definition) is 6. The van der Waals surface area contributed by atoms with Gasteiger partial charge in [-0.3, -0.25) is 19.4 Å². The molecule has 3 aromatic rings. The van der Waals surface area contributed by atoms with Gasteiger partial charge in [-0.2, -0.15) is 4.98 Å². The second-order valence-corrected chi connectivity index (χ2v) is 8.13. The Kier molecular flexibility index (Phi) is 7.97. The Morgan fingerprint density at radius 2 is 1.89 bits per heavy atom. The number of aliphatic imine (C=N–C) groups is 1. The van der Waals surface area contributed by atoms with E-state index in [0.29, 0.717) is 23.9 Å². The molecule has 5 N–H and O–H groups in total. The Morgan fingerprint density at radius 1 is 1.17 bits per heavy atom. The molecule has 2 aromatic heterocycles. The number of hydrogen-bond donors (Lipinski definition) is 5. The predicted molar refractivity (Wildman–Crippen MR) is 128 cm³/mol. The molecule has 12 nitrogen and oxygen atoms in total. The second-order valence-electron chi connectivity index (χ2n) is 8.13. The smallest absolute Gasteiger partial charge is 0.326 e. The highest BCUT2D eigenvalue weighted by Crippen LogP contribution is 2.17. The van der Waals surface area contributed by atoms with Crippen LogP contribution in [-0.4, -0.2) is 74.4 Å². The summed E-state index contributed by atoms with van der Waals surface area (Å²) in [6.07, 6.45) is 3.83. The molecule has 184 valence electrons.